The summed E-state index contributed by atoms with van der Waals surface area (Å²) in [6.07, 6.45) is 4.71. The van der Waals surface area contributed by atoms with Gasteiger partial charge in [-0.05, 0) is 56.0 Å². The van der Waals surface area contributed by atoms with E-state index >= 15 is 0 Å². The maximum atomic E-state index is 12.2. The topological polar surface area (TPSA) is 88.3 Å². The van der Waals surface area contributed by atoms with Crippen LogP contribution in [0, 0.1) is 0 Å². The molecule has 1 aliphatic rings. The van der Waals surface area contributed by atoms with E-state index in [1.54, 1.807) is 19.2 Å². The molecule has 2 heterocycles. The molecule has 0 spiro atoms. The lowest BCUT2D eigenvalue weighted by Crippen LogP contribution is -2.47. The molecule has 1 amide bonds. The Morgan fingerprint density at radius 1 is 1.22 bits per heavy atom. The highest BCUT2D eigenvalue weighted by Crippen LogP contribution is 2.16. The number of nitrogens with one attached hydrogen (secondary N) is 2. The molecule has 2 aromatic rings. The summed E-state index contributed by atoms with van der Waals surface area (Å²) in [4.78, 5) is 19.3. The van der Waals surface area contributed by atoms with E-state index in [2.05, 4.69) is 22.5 Å². The van der Waals surface area contributed by atoms with Crippen molar-refractivity contribution >= 4 is 17.6 Å². The maximum Gasteiger partial charge on any atom is 0.291 e. The Labute approximate surface area is 190 Å². The standard InChI is InChI=1S/C24H34N4O4/c1-3-25-24(28-12-10-21(11-13-28)31-16-6-14-30-2)26-18-19-7-4-8-20(17-19)27-23(29)22-9-5-15-32-22/h4-5,7-9,15,17,21H,3,6,10-14,16,18H2,1-2H3,(H,25,26)(H,27,29). The Hall–Kier alpha value is -2.84. The van der Waals surface area contributed by atoms with Crippen molar-refractivity contribution in [3.05, 3.63) is 54.0 Å². The van der Waals surface area contributed by atoms with Crippen LogP contribution in [0.1, 0.15) is 42.3 Å². The maximum absolute atomic E-state index is 12.2. The molecule has 0 radical (unpaired) electrons. The van der Waals surface area contributed by atoms with Crippen LogP contribution in [0.15, 0.2) is 52.1 Å². The molecule has 0 aliphatic carbocycles. The summed E-state index contributed by atoms with van der Waals surface area (Å²) in [5, 5.41) is 6.26. The number of guanidine groups is 1. The summed E-state index contributed by atoms with van der Waals surface area (Å²) in [6, 6.07) is 11.1. The highest BCUT2D eigenvalue weighted by atomic mass is 16.5. The fraction of sp³-hybridized carbons (Fsp3) is 0.500. The van der Waals surface area contributed by atoms with Crippen molar-refractivity contribution in [2.75, 3.05) is 45.3 Å². The number of ether oxygens (including phenoxy) is 2. The first kappa shape index (κ1) is 23.8. The minimum Gasteiger partial charge on any atom is -0.459 e. The van der Waals surface area contributed by atoms with Crippen molar-refractivity contribution in [1.29, 1.82) is 0 Å². The molecule has 1 saturated heterocycles. The van der Waals surface area contributed by atoms with Gasteiger partial charge in [-0.2, -0.15) is 0 Å². The molecule has 3 rings (SSSR count). The van der Waals surface area contributed by atoms with E-state index in [0.717, 1.165) is 69.3 Å². The molecule has 0 bridgehead atoms. The number of likely N-dealkylation sites (tertiary alicyclic amines) is 1. The van der Waals surface area contributed by atoms with Gasteiger partial charge in [0.25, 0.3) is 5.91 Å². The van der Waals surface area contributed by atoms with Crippen LogP contribution in [0.5, 0.6) is 0 Å². The Morgan fingerprint density at radius 3 is 2.78 bits per heavy atom. The van der Waals surface area contributed by atoms with Gasteiger partial charge in [-0.25, -0.2) is 4.99 Å². The quantitative estimate of drug-likeness (QED) is 0.333. The third kappa shape index (κ3) is 7.39. The molecule has 174 valence electrons. The van der Waals surface area contributed by atoms with Gasteiger partial charge in [0.05, 0.1) is 18.9 Å². The number of anilines is 1. The average molecular weight is 443 g/mol. The average Bonchev–Trinajstić information content (AvgIpc) is 3.36. The fourth-order valence-corrected chi connectivity index (χ4v) is 3.63. The second-order valence-corrected chi connectivity index (χ2v) is 7.71. The van der Waals surface area contributed by atoms with Crippen LogP contribution in [0.4, 0.5) is 5.69 Å². The van der Waals surface area contributed by atoms with Crippen molar-refractivity contribution in [3.63, 3.8) is 0 Å². The molecule has 8 heteroatoms. The zero-order valence-corrected chi connectivity index (χ0v) is 19.0. The number of carbonyl (C=O) groups is 1. The van der Waals surface area contributed by atoms with Gasteiger partial charge in [0.15, 0.2) is 11.7 Å². The number of piperidine rings is 1. The zero-order chi connectivity index (χ0) is 22.6. The van der Waals surface area contributed by atoms with Gasteiger partial charge in [0.1, 0.15) is 0 Å². The van der Waals surface area contributed by atoms with Crippen LogP contribution in [0.25, 0.3) is 0 Å². The predicted octanol–water partition coefficient (Wildman–Crippen LogP) is 3.51. The van der Waals surface area contributed by atoms with Gasteiger partial charge in [-0.1, -0.05) is 12.1 Å². The number of hydrogen-bond donors (Lipinski definition) is 2. The number of aliphatic imine (C=N–C) groups is 1. The van der Waals surface area contributed by atoms with E-state index in [1.165, 1.54) is 6.26 Å². The Bertz CT molecular complexity index is 845. The number of methoxy groups -OCH3 is 1. The van der Waals surface area contributed by atoms with Crippen LogP contribution >= 0.6 is 0 Å². The Morgan fingerprint density at radius 2 is 2.06 bits per heavy atom. The minimum atomic E-state index is -0.267. The lowest BCUT2D eigenvalue weighted by atomic mass is 10.1. The van der Waals surface area contributed by atoms with E-state index in [0.29, 0.717) is 12.6 Å². The number of hydrogen-bond acceptors (Lipinski definition) is 5. The predicted molar refractivity (Wildman–Crippen MR) is 125 cm³/mol. The number of carbonyl (C=O) groups excluding carboxylic acids is 1. The molecule has 0 saturated carbocycles. The summed E-state index contributed by atoms with van der Waals surface area (Å²) in [6.45, 7) is 6.74. The van der Waals surface area contributed by atoms with Gasteiger partial charge in [-0.3, -0.25) is 4.79 Å². The summed E-state index contributed by atoms with van der Waals surface area (Å²) >= 11 is 0. The van der Waals surface area contributed by atoms with Crippen molar-refractivity contribution in [1.82, 2.24) is 10.2 Å². The minimum absolute atomic E-state index is 0.267. The molecular formula is C24H34N4O4. The lowest BCUT2D eigenvalue weighted by Gasteiger charge is -2.34. The molecular weight excluding hydrogens is 408 g/mol. The molecule has 1 aliphatic heterocycles. The van der Waals surface area contributed by atoms with E-state index in [9.17, 15) is 4.79 Å². The molecule has 1 fully saturated rings. The largest absolute Gasteiger partial charge is 0.459 e. The molecule has 8 nitrogen and oxygen atoms in total. The first-order chi connectivity index (χ1) is 15.7. The van der Waals surface area contributed by atoms with Gasteiger partial charge in [0, 0.05) is 45.6 Å². The number of furan rings is 1. The molecule has 0 unspecified atom stereocenters. The van der Waals surface area contributed by atoms with Crippen LogP contribution in [-0.4, -0.2) is 62.8 Å². The monoisotopic (exact) mass is 442 g/mol. The number of rotatable bonds is 10. The zero-order valence-electron chi connectivity index (χ0n) is 19.0. The fourth-order valence-electron chi connectivity index (χ4n) is 3.63. The normalized spacial score (nSPS) is 15.1. The highest BCUT2D eigenvalue weighted by molar-refractivity contribution is 6.02. The first-order valence-electron chi connectivity index (χ1n) is 11.3. The summed E-state index contributed by atoms with van der Waals surface area (Å²) in [5.74, 6) is 0.931. The third-order valence-corrected chi connectivity index (χ3v) is 5.26. The van der Waals surface area contributed by atoms with Crippen LogP contribution < -0.4 is 10.6 Å². The van der Waals surface area contributed by atoms with Gasteiger partial charge in [-0.15, -0.1) is 0 Å². The van der Waals surface area contributed by atoms with E-state index < -0.39 is 0 Å². The smallest absolute Gasteiger partial charge is 0.291 e. The second-order valence-electron chi connectivity index (χ2n) is 7.71. The number of amides is 1. The summed E-state index contributed by atoms with van der Waals surface area (Å²) in [5.41, 5.74) is 1.74. The van der Waals surface area contributed by atoms with Crippen LogP contribution in [0.2, 0.25) is 0 Å². The van der Waals surface area contributed by atoms with Gasteiger partial charge < -0.3 is 29.4 Å². The van der Waals surface area contributed by atoms with Crippen molar-refractivity contribution in [3.8, 4) is 0 Å². The molecule has 1 aromatic carbocycles. The van der Waals surface area contributed by atoms with Crippen molar-refractivity contribution < 1.29 is 18.7 Å². The van der Waals surface area contributed by atoms with Gasteiger partial charge in [0.2, 0.25) is 0 Å². The second kappa shape index (κ2) is 12.9. The number of nitrogens with zero attached hydrogens (tertiary/aromatic N) is 2. The SMILES string of the molecule is CCNC(=NCc1cccc(NC(=O)c2ccco2)c1)N1CCC(OCCCOC)CC1. The summed E-state index contributed by atoms with van der Waals surface area (Å²) in [7, 11) is 1.72. The van der Waals surface area contributed by atoms with Crippen molar-refractivity contribution in [2.45, 2.75) is 38.8 Å². The third-order valence-electron chi connectivity index (χ3n) is 5.26. The first-order valence-corrected chi connectivity index (χ1v) is 11.3. The highest BCUT2D eigenvalue weighted by Gasteiger charge is 2.21. The lowest BCUT2D eigenvalue weighted by molar-refractivity contribution is 0.00990. The van der Waals surface area contributed by atoms with E-state index in [4.69, 9.17) is 18.9 Å². The molecule has 32 heavy (non-hydrogen) atoms. The Balaban J connectivity index is 1.53. The van der Waals surface area contributed by atoms with Gasteiger partial charge >= 0.3 is 0 Å². The molecule has 2 N–H and O–H groups in total. The van der Waals surface area contributed by atoms with E-state index in [1.807, 2.05) is 24.3 Å². The van der Waals surface area contributed by atoms with Crippen LogP contribution in [0.3, 0.4) is 0 Å². The Kier molecular flexibility index (Phi) is 9.59. The van der Waals surface area contributed by atoms with Crippen LogP contribution in [-0.2, 0) is 16.0 Å². The van der Waals surface area contributed by atoms with E-state index in [-0.39, 0.29) is 11.7 Å². The number of benzene rings is 1. The molecule has 0 atom stereocenters. The summed E-state index contributed by atoms with van der Waals surface area (Å²) < 4.78 is 16.2. The molecule has 1 aromatic heterocycles. The van der Waals surface area contributed by atoms with Crippen molar-refractivity contribution in [2.24, 2.45) is 4.99 Å².